The molecule has 1 rings (SSSR count). The minimum absolute atomic E-state index is 0.643. The Morgan fingerprint density at radius 2 is 1.19 bits per heavy atom. The van der Waals surface area contributed by atoms with Gasteiger partial charge in [0.15, 0.2) is 0 Å². The van der Waals surface area contributed by atoms with Gasteiger partial charge in [0.2, 0.25) is 6.33 Å². The minimum Gasteiger partial charge on any atom is -0.237 e. The smallest absolute Gasteiger partial charge is 0.237 e. The maximum Gasteiger partial charge on any atom is 0.243 e. The van der Waals surface area contributed by atoms with Crippen LogP contribution in [0.5, 0.6) is 0 Å². The summed E-state index contributed by atoms with van der Waals surface area (Å²) in [7, 11) is 0. The molecule has 0 aromatic carbocycles. The van der Waals surface area contributed by atoms with E-state index in [0.29, 0.717) is 6.04 Å². The number of imidazole rings is 1. The molecule has 0 amide bonds. The highest BCUT2D eigenvalue weighted by Gasteiger charge is 2.11. The molecular formula is C24H47N2+. The first-order chi connectivity index (χ1) is 12.8. The van der Waals surface area contributed by atoms with Gasteiger partial charge in [0.05, 0.1) is 12.6 Å². The zero-order valence-corrected chi connectivity index (χ0v) is 18.2. The zero-order chi connectivity index (χ0) is 18.9. The third-order valence-corrected chi connectivity index (χ3v) is 5.72. The lowest BCUT2D eigenvalue weighted by molar-refractivity contribution is -0.697. The maximum absolute atomic E-state index is 2.40. The van der Waals surface area contributed by atoms with Gasteiger partial charge in [-0.3, -0.25) is 0 Å². The summed E-state index contributed by atoms with van der Waals surface area (Å²) in [4.78, 5) is 0. The van der Waals surface area contributed by atoms with Crippen molar-refractivity contribution in [1.29, 1.82) is 0 Å². The molecule has 0 fully saturated rings. The SMILES string of the molecule is CCCCCCCCCCCCCC[n+]1ccn(C(C)CCCCC)c1. The molecule has 0 N–H and O–H groups in total. The molecule has 0 spiro atoms. The third kappa shape index (κ3) is 11.8. The van der Waals surface area contributed by atoms with E-state index in [9.17, 15) is 0 Å². The minimum atomic E-state index is 0.643. The van der Waals surface area contributed by atoms with E-state index in [2.05, 4.69) is 48.6 Å². The predicted molar refractivity (Wildman–Crippen MR) is 115 cm³/mol. The van der Waals surface area contributed by atoms with Crippen molar-refractivity contribution in [2.24, 2.45) is 0 Å². The van der Waals surface area contributed by atoms with E-state index in [1.54, 1.807) is 0 Å². The van der Waals surface area contributed by atoms with Crippen LogP contribution in [0.15, 0.2) is 18.7 Å². The van der Waals surface area contributed by atoms with Crippen molar-refractivity contribution < 1.29 is 4.57 Å². The van der Waals surface area contributed by atoms with E-state index in [1.807, 2.05) is 0 Å². The summed E-state index contributed by atoms with van der Waals surface area (Å²) >= 11 is 0. The Morgan fingerprint density at radius 3 is 1.77 bits per heavy atom. The highest BCUT2D eigenvalue weighted by atomic mass is 15.1. The van der Waals surface area contributed by atoms with Gasteiger partial charge in [0.25, 0.3) is 0 Å². The highest BCUT2D eigenvalue weighted by Crippen LogP contribution is 2.14. The van der Waals surface area contributed by atoms with Crippen LogP contribution in [0.25, 0.3) is 0 Å². The molecule has 1 aromatic rings. The topological polar surface area (TPSA) is 8.81 Å². The average Bonchev–Trinajstić information content (AvgIpc) is 3.12. The Balaban J connectivity index is 1.95. The molecule has 0 aliphatic carbocycles. The van der Waals surface area contributed by atoms with Crippen LogP contribution in [0.2, 0.25) is 0 Å². The van der Waals surface area contributed by atoms with Gasteiger partial charge in [0, 0.05) is 0 Å². The van der Waals surface area contributed by atoms with Crippen LogP contribution >= 0.6 is 0 Å². The number of aromatic nitrogens is 2. The van der Waals surface area contributed by atoms with Crippen molar-refractivity contribution in [3.8, 4) is 0 Å². The molecule has 0 saturated heterocycles. The lowest BCUT2D eigenvalue weighted by atomic mass is 10.1. The molecule has 26 heavy (non-hydrogen) atoms. The van der Waals surface area contributed by atoms with E-state index in [0.717, 1.165) is 0 Å². The maximum atomic E-state index is 2.40. The molecule has 1 atom stereocenters. The first-order valence-electron chi connectivity index (χ1n) is 11.8. The van der Waals surface area contributed by atoms with Crippen molar-refractivity contribution in [1.82, 2.24) is 4.57 Å². The van der Waals surface area contributed by atoms with Gasteiger partial charge in [-0.15, -0.1) is 0 Å². The summed E-state index contributed by atoms with van der Waals surface area (Å²) in [5, 5.41) is 0. The van der Waals surface area contributed by atoms with Gasteiger partial charge >= 0.3 is 0 Å². The molecule has 0 aliphatic rings. The van der Waals surface area contributed by atoms with Crippen molar-refractivity contribution in [2.45, 2.75) is 136 Å². The lowest BCUT2D eigenvalue weighted by Gasteiger charge is -2.06. The van der Waals surface area contributed by atoms with Crippen molar-refractivity contribution >= 4 is 0 Å². The second kappa shape index (κ2) is 16.4. The molecule has 1 aromatic heterocycles. The second-order valence-corrected chi connectivity index (χ2v) is 8.33. The summed E-state index contributed by atoms with van der Waals surface area (Å²) in [6, 6.07) is 0.643. The molecule has 1 unspecified atom stereocenters. The van der Waals surface area contributed by atoms with E-state index in [1.165, 1.54) is 109 Å². The van der Waals surface area contributed by atoms with Crippen LogP contribution in [0.3, 0.4) is 0 Å². The van der Waals surface area contributed by atoms with Crippen LogP contribution in [-0.4, -0.2) is 4.57 Å². The van der Waals surface area contributed by atoms with E-state index < -0.39 is 0 Å². The van der Waals surface area contributed by atoms with Gasteiger partial charge in [-0.25, -0.2) is 9.13 Å². The van der Waals surface area contributed by atoms with Crippen LogP contribution in [0, 0.1) is 0 Å². The number of rotatable bonds is 18. The van der Waals surface area contributed by atoms with Crippen molar-refractivity contribution in [2.75, 3.05) is 0 Å². The predicted octanol–water partition coefficient (Wildman–Crippen LogP) is 7.62. The van der Waals surface area contributed by atoms with Gasteiger partial charge < -0.3 is 0 Å². The number of hydrogen-bond acceptors (Lipinski definition) is 0. The summed E-state index contributed by atoms with van der Waals surface area (Å²) < 4.78 is 4.78. The monoisotopic (exact) mass is 363 g/mol. The quantitative estimate of drug-likeness (QED) is 0.187. The number of nitrogens with zero attached hydrogens (tertiary/aromatic N) is 2. The Hall–Kier alpha value is -0.790. The largest absolute Gasteiger partial charge is 0.243 e. The highest BCUT2D eigenvalue weighted by molar-refractivity contribution is 4.72. The Bertz CT molecular complexity index is 410. The average molecular weight is 364 g/mol. The lowest BCUT2D eigenvalue weighted by Crippen LogP contribution is -2.31. The molecule has 0 aliphatic heterocycles. The molecule has 0 bridgehead atoms. The standard InChI is InChI=1S/C24H47N2/c1-4-6-8-9-10-11-12-13-14-15-16-18-20-25-21-22-26(23-25)24(3)19-17-7-5-2/h21-24H,4-20H2,1-3H3/q+1. The number of hydrogen-bond donors (Lipinski definition) is 0. The molecule has 2 nitrogen and oxygen atoms in total. The van der Waals surface area contributed by atoms with E-state index in [4.69, 9.17) is 0 Å². The molecule has 2 heteroatoms. The first kappa shape index (κ1) is 23.2. The summed E-state index contributed by atoms with van der Waals surface area (Å²) in [6.07, 6.45) is 29.3. The van der Waals surface area contributed by atoms with Crippen LogP contribution < -0.4 is 4.57 Å². The Kier molecular flexibility index (Phi) is 14.7. The third-order valence-electron chi connectivity index (χ3n) is 5.72. The number of unbranched alkanes of at least 4 members (excludes halogenated alkanes) is 13. The molecule has 1 heterocycles. The summed E-state index contributed by atoms with van der Waals surface area (Å²) in [5.74, 6) is 0. The molecule has 0 saturated carbocycles. The fourth-order valence-corrected chi connectivity index (χ4v) is 3.78. The number of aryl methyl sites for hydroxylation is 1. The Morgan fingerprint density at radius 1 is 0.692 bits per heavy atom. The second-order valence-electron chi connectivity index (χ2n) is 8.33. The van der Waals surface area contributed by atoms with Gasteiger partial charge in [-0.05, 0) is 32.6 Å². The Labute approximate surface area is 164 Å². The summed E-state index contributed by atoms with van der Waals surface area (Å²) in [6.45, 7) is 8.11. The first-order valence-corrected chi connectivity index (χ1v) is 11.8. The molecular weight excluding hydrogens is 316 g/mol. The van der Waals surface area contributed by atoms with E-state index in [-0.39, 0.29) is 0 Å². The summed E-state index contributed by atoms with van der Waals surface area (Å²) in [5.41, 5.74) is 0. The van der Waals surface area contributed by atoms with E-state index >= 15 is 0 Å². The van der Waals surface area contributed by atoms with Crippen LogP contribution in [-0.2, 0) is 6.54 Å². The fraction of sp³-hybridized carbons (Fsp3) is 0.875. The molecule has 0 radical (unpaired) electrons. The molecule has 152 valence electrons. The van der Waals surface area contributed by atoms with Crippen LogP contribution in [0.1, 0.15) is 130 Å². The van der Waals surface area contributed by atoms with Crippen molar-refractivity contribution in [3.63, 3.8) is 0 Å². The van der Waals surface area contributed by atoms with Gasteiger partial charge in [0.1, 0.15) is 12.4 Å². The fourth-order valence-electron chi connectivity index (χ4n) is 3.78. The van der Waals surface area contributed by atoms with Gasteiger partial charge in [-0.1, -0.05) is 90.9 Å². The zero-order valence-electron chi connectivity index (χ0n) is 18.2. The normalized spacial score (nSPS) is 12.6. The van der Waals surface area contributed by atoms with Crippen LogP contribution in [0.4, 0.5) is 0 Å². The van der Waals surface area contributed by atoms with Gasteiger partial charge in [-0.2, -0.15) is 0 Å². The van der Waals surface area contributed by atoms with Crippen molar-refractivity contribution in [3.05, 3.63) is 18.7 Å².